The van der Waals surface area contributed by atoms with E-state index in [9.17, 15) is 0 Å². The van der Waals surface area contributed by atoms with E-state index in [0.29, 0.717) is 0 Å². The summed E-state index contributed by atoms with van der Waals surface area (Å²) in [7, 11) is 0. The predicted molar refractivity (Wildman–Crippen MR) is 77.9 cm³/mol. The van der Waals surface area contributed by atoms with Gasteiger partial charge in [-0.05, 0) is 25.0 Å². The molecule has 0 radical (unpaired) electrons. The molecule has 0 amide bonds. The summed E-state index contributed by atoms with van der Waals surface area (Å²) in [5.41, 5.74) is 3.58. The van der Waals surface area contributed by atoms with Crippen LogP contribution in [0.3, 0.4) is 0 Å². The highest BCUT2D eigenvalue weighted by atomic mass is 14.9. The van der Waals surface area contributed by atoms with Gasteiger partial charge in [-0.1, -0.05) is 51.2 Å². The van der Waals surface area contributed by atoms with Gasteiger partial charge in [0, 0.05) is 6.42 Å². The minimum Gasteiger partial charge on any atom is -0.342 e. The zero-order chi connectivity index (χ0) is 12.8. The number of rotatable bonds is 7. The second-order valence-corrected chi connectivity index (χ2v) is 5.17. The van der Waals surface area contributed by atoms with E-state index in [0.717, 1.165) is 17.8 Å². The van der Waals surface area contributed by atoms with Crippen LogP contribution < -0.4 is 0 Å². The summed E-state index contributed by atoms with van der Waals surface area (Å²) >= 11 is 0. The molecule has 0 fully saturated rings. The quantitative estimate of drug-likeness (QED) is 0.698. The number of nitrogens with one attached hydrogen (secondary N) is 1. The summed E-state index contributed by atoms with van der Waals surface area (Å²) in [6.07, 6.45) is 9.12. The maximum atomic E-state index is 4.69. The van der Waals surface area contributed by atoms with Crippen molar-refractivity contribution in [3.8, 4) is 0 Å². The smallest absolute Gasteiger partial charge is 0.107 e. The van der Waals surface area contributed by atoms with Crippen molar-refractivity contribution in [1.82, 2.24) is 9.97 Å². The molecule has 1 aromatic carbocycles. The molecule has 0 spiro atoms. The van der Waals surface area contributed by atoms with Crippen molar-refractivity contribution in [2.24, 2.45) is 0 Å². The fourth-order valence-corrected chi connectivity index (χ4v) is 2.42. The van der Waals surface area contributed by atoms with Gasteiger partial charge in [0.05, 0.1) is 11.0 Å². The zero-order valence-corrected chi connectivity index (χ0v) is 11.6. The number of aromatic amines is 1. The van der Waals surface area contributed by atoms with Crippen LogP contribution >= 0.6 is 0 Å². The molecular formula is C16H24N2. The van der Waals surface area contributed by atoms with Crippen LogP contribution in [0.2, 0.25) is 0 Å². The van der Waals surface area contributed by atoms with Crippen molar-refractivity contribution in [3.63, 3.8) is 0 Å². The lowest BCUT2D eigenvalue weighted by molar-refractivity contribution is 0.602. The third-order valence-corrected chi connectivity index (χ3v) is 3.53. The van der Waals surface area contributed by atoms with E-state index in [-0.39, 0.29) is 0 Å². The third-order valence-electron chi connectivity index (χ3n) is 3.53. The molecular weight excluding hydrogens is 220 g/mol. The van der Waals surface area contributed by atoms with Gasteiger partial charge in [-0.25, -0.2) is 4.98 Å². The van der Waals surface area contributed by atoms with Gasteiger partial charge < -0.3 is 4.98 Å². The average molecular weight is 244 g/mol. The number of para-hydroxylation sites is 1. The maximum absolute atomic E-state index is 4.69. The largest absolute Gasteiger partial charge is 0.342 e. The normalized spacial score (nSPS) is 11.2. The van der Waals surface area contributed by atoms with Gasteiger partial charge in [-0.15, -0.1) is 0 Å². The molecule has 2 nitrogen and oxygen atoms in total. The van der Waals surface area contributed by atoms with Gasteiger partial charge in [0.2, 0.25) is 0 Å². The Bertz CT molecular complexity index is 485. The van der Waals surface area contributed by atoms with E-state index in [1.807, 2.05) is 0 Å². The molecule has 0 saturated carbocycles. The Morgan fingerprint density at radius 1 is 1.06 bits per heavy atom. The van der Waals surface area contributed by atoms with Gasteiger partial charge >= 0.3 is 0 Å². The standard InChI is InChI=1S/C16H24N2/c1-3-4-5-6-7-8-12-15-17-14-11-9-10-13(2)16(14)18-15/h9-11H,3-8,12H2,1-2H3,(H,17,18). The maximum Gasteiger partial charge on any atom is 0.107 e. The predicted octanol–water partition coefficient (Wildman–Crippen LogP) is 4.77. The highest BCUT2D eigenvalue weighted by molar-refractivity contribution is 5.78. The lowest BCUT2D eigenvalue weighted by Gasteiger charge is -1.98. The van der Waals surface area contributed by atoms with E-state index >= 15 is 0 Å². The molecule has 0 aliphatic rings. The Morgan fingerprint density at radius 2 is 1.83 bits per heavy atom. The lowest BCUT2D eigenvalue weighted by Crippen LogP contribution is -1.88. The van der Waals surface area contributed by atoms with Gasteiger partial charge in [-0.2, -0.15) is 0 Å². The average Bonchev–Trinajstić information content (AvgIpc) is 2.78. The molecule has 1 N–H and O–H groups in total. The van der Waals surface area contributed by atoms with E-state index in [1.54, 1.807) is 0 Å². The first-order valence-corrected chi connectivity index (χ1v) is 7.25. The van der Waals surface area contributed by atoms with Crippen molar-refractivity contribution in [2.45, 2.75) is 58.8 Å². The van der Waals surface area contributed by atoms with Crippen molar-refractivity contribution >= 4 is 11.0 Å². The lowest BCUT2D eigenvalue weighted by atomic mass is 10.1. The monoisotopic (exact) mass is 244 g/mol. The fraction of sp³-hybridized carbons (Fsp3) is 0.562. The zero-order valence-electron chi connectivity index (χ0n) is 11.6. The number of nitrogens with zero attached hydrogens (tertiary/aromatic N) is 1. The Balaban J connectivity index is 1.83. The topological polar surface area (TPSA) is 28.7 Å². The van der Waals surface area contributed by atoms with Crippen LogP contribution in [-0.2, 0) is 6.42 Å². The first-order valence-electron chi connectivity index (χ1n) is 7.25. The van der Waals surface area contributed by atoms with E-state index < -0.39 is 0 Å². The Hall–Kier alpha value is -1.31. The van der Waals surface area contributed by atoms with E-state index in [2.05, 4.69) is 37.0 Å². The number of aryl methyl sites for hydroxylation is 2. The Morgan fingerprint density at radius 3 is 2.61 bits per heavy atom. The van der Waals surface area contributed by atoms with Crippen LogP contribution in [0.1, 0.15) is 56.8 Å². The molecule has 0 aliphatic carbocycles. The minimum atomic E-state index is 1.08. The van der Waals surface area contributed by atoms with Crippen molar-refractivity contribution in [2.75, 3.05) is 0 Å². The van der Waals surface area contributed by atoms with E-state index in [4.69, 9.17) is 4.98 Å². The second-order valence-electron chi connectivity index (χ2n) is 5.17. The number of aromatic nitrogens is 2. The number of H-pyrrole nitrogens is 1. The molecule has 1 aromatic heterocycles. The summed E-state index contributed by atoms with van der Waals surface area (Å²) in [5.74, 6) is 1.15. The molecule has 98 valence electrons. The number of hydrogen-bond acceptors (Lipinski definition) is 1. The molecule has 0 aliphatic heterocycles. The Kier molecular flexibility index (Phi) is 4.80. The SMILES string of the molecule is CCCCCCCCc1nc2c(C)cccc2[nH]1. The first kappa shape index (κ1) is 13.1. The molecule has 2 aromatic rings. The molecule has 1 heterocycles. The number of benzene rings is 1. The van der Waals surface area contributed by atoms with Crippen molar-refractivity contribution in [3.05, 3.63) is 29.6 Å². The second kappa shape index (κ2) is 6.58. The van der Waals surface area contributed by atoms with Gasteiger partial charge in [0.15, 0.2) is 0 Å². The minimum absolute atomic E-state index is 1.08. The third kappa shape index (κ3) is 3.34. The summed E-state index contributed by atoms with van der Waals surface area (Å²) in [6.45, 7) is 4.38. The molecule has 2 heteroatoms. The highest BCUT2D eigenvalue weighted by Gasteiger charge is 2.04. The summed E-state index contributed by atoms with van der Waals surface area (Å²) < 4.78 is 0. The van der Waals surface area contributed by atoms with Crippen LogP contribution in [0.4, 0.5) is 0 Å². The highest BCUT2D eigenvalue weighted by Crippen LogP contribution is 2.16. The van der Waals surface area contributed by atoms with E-state index in [1.165, 1.54) is 49.6 Å². The van der Waals surface area contributed by atoms with Crippen LogP contribution in [0.5, 0.6) is 0 Å². The Labute approximate surface area is 110 Å². The van der Waals surface area contributed by atoms with Crippen LogP contribution in [0.25, 0.3) is 11.0 Å². The first-order chi connectivity index (χ1) is 8.81. The molecule has 0 bridgehead atoms. The number of fused-ring (bicyclic) bond motifs is 1. The molecule has 0 atom stereocenters. The van der Waals surface area contributed by atoms with Crippen molar-refractivity contribution < 1.29 is 0 Å². The molecule has 2 rings (SSSR count). The molecule has 18 heavy (non-hydrogen) atoms. The summed E-state index contributed by atoms with van der Waals surface area (Å²) in [4.78, 5) is 8.12. The van der Waals surface area contributed by atoms with Gasteiger partial charge in [-0.3, -0.25) is 0 Å². The van der Waals surface area contributed by atoms with Crippen LogP contribution in [0.15, 0.2) is 18.2 Å². The molecule has 0 unspecified atom stereocenters. The van der Waals surface area contributed by atoms with Crippen molar-refractivity contribution in [1.29, 1.82) is 0 Å². The van der Waals surface area contributed by atoms with Crippen LogP contribution in [0, 0.1) is 6.92 Å². The number of hydrogen-bond donors (Lipinski definition) is 1. The fourth-order valence-electron chi connectivity index (χ4n) is 2.42. The number of unbranched alkanes of at least 4 members (excludes halogenated alkanes) is 5. The van der Waals surface area contributed by atoms with Gasteiger partial charge in [0.1, 0.15) is 5.82 Å². The van der Waals surface area contributed by atoms with Crippen LogP contribution in [-0.4, -0.2) is 9.97 Å². The summed E-state index contributed by atoms with van der Waals surface area (Å²) in [5, 5.41) is 0. The molecule has 0 saturated heterocycles. The van der Waals surface area contributed by atoms with Gasteiger partial charge in [0.25, 0.3) is 0 Å². The summed E-state index contributed by atoms with van der Waals surface area (Å²) in [6, 6.07) is 6.32. The number of imidazole rings is 1.